The number of rotatable bonds is 2. The summed E-state index contributed by atoms with van der Waals surface area (Å²) in [6, 6.07) is 8.35. The largest absolute Gasteiger partial charge is 0.335 e. The second kappa shape index (κ2) is 6.60. The molecule has 2 aliphatic rings. The summed E-state index contributed by atoms with van der Waals surface area (Å²) in [6.45, 7) is 2.45. The Morgan fingerprint density at radius 2 is 1.78 bits per heavy atom. The van der Waals surface area contributed by atoms with Crippen molar-refractivity contribution in [1.29, 1.82) is 0 Å². The number of carbonyl (C=O) groups is 2. The van der Waals surface area contributed by atoms with Crippen LogP contribution >= 0.6 is 0 Å². The molecule has 27 heavy (non-hydrogen) atoms. The molecule has 0 radical (unpaired) electrons. The number of sulfone groups is 1. The molecule has 1 aromatic carbocycles. The van der Waals surface area contributed by atoms with E-state index >= 15 is 0 Å². The van der Waals surface area contributed by atoms with E-state index in [1.807, 2.05) is 24.3 Å². The van der Waals surface area contributed by atoms with Crippen LogP contribution in [0.4, 0.5) is 0 Å². The van der Waals surface area contributed by atoms with E-state index in [9.17, 15) is 18.0 Å². The van der Waals surface area contributed by atoms with Gasteiger partial charge in [-0.1, -0.05) is 25.1 Å². The standard InChI is InChI=1S/C19H21N3O4S/c1-2-18(23)21-7-8-22(17-12-27(25,26)11-16(17)21)19(24)14-9-13-5-3-4-6-15(13)20-10-14/h3-6,9-10,16-17H,2,7-8,11-12H2,1H3/t16-,17+/m1/s1. The van der Waals surface area contributed by atoms with Gasteiger partial charge < -0.3 is 9.80 Å². The summed E-state index contributed by atoms with van der Waals surface area (Å²) in [7, 11) is -3.29. The molecule has 142 valence electrons. The summed E-state index contributed by atoms with van der Waals surface area (Å²) >= 11 is 0. The van der Waals surface area contributed by atoms with Gasteiger partial charge >= 0.3 is 0 Å². The number of fused-ring (bicyclic) bond motifs is 2. The van der Waals surface area contributed by atoms with Crippen molar-refractivity contribution in [2.45, 2.75) is 25.4 Å². The Hall–Kier alpha value is -2.48. The van der Waals surface area contributed by atoms with Crippen molar-refractivity contribution in [2.24, 2.45) is 0 Å². The van der Waals surface area contributed by atoms with Crippen molar-refractivity contribution in [3.63, 3.8) is 0 Å². The quantitative estimate of drug-likeness (QED) is 0.770. The lowest BCUT2D eigenvalue weighted by atomic mass is 10.0. The van der Waals surface area contributed by atoms with E-state index in [0.717, 1.165) is 10.9 Å². The van der Waals surface area contributed by atoms with Gasteiger partial charge in [-0.25, -0.2) is 8.42 Å². The van der Waals surface area contributed by atoms with E-state index in [2.05, 4.69) is 4.98 Å². The van der Waals surface area contributed by atoms with Crippen LogP contribution in [0.3, 0.4) is 0 Å². The van der Waals surface area contributed by atoms with Gasteiger partial charge in [-0.05, 0) is 12.1 Å². The Kier molecular flexibility index (Phi) is 4.38. The molecular formula is C19H21N3O4S. The highest BCUT2D eigenvalue weighted by Gasteiger charge is 2.49. The SMILES string of the molecule is CCC(=O)N1CCN(C(=O)c2cnc3ccccc3c2)[C@H]2CS(=O)(=O)C[C@H]21. The van der Waals surface area contributed by atoms with E-state index in [-0.39, 0.29) is 23.3 Å². The normalized spacial score (nSPS) is 24.0. The molecule has 0 saturated carbocycles. The number of hydrogen-bond acceptors (Lipinski definition) is 5. The predicted octanol–water partition coefficient (Wildman–Crippen LogP) is 1.09. The molecule has 3 heterocycles. The molecule has 2 saturated heterocycles. The molecule has 1 aromatic heterocycles. The summed E-state index contributed by atoms with van der Waals surface area (Å²) in [5, 5.41) is 0.860. The first kappa shape index (κ1) is 17.9. The van der Waals surface area contributed by atoms with Crippen LogP contribution in [0.25, 0.3) is 10.9 Å². The predicted molar refractivity (Wildman–Crippen MR) is 101 cm³/mol. The Balaban J connectivity index is 1.66. The Morgan fingerprint density at radius 1 is 1.11 bits per heavy atom. The molecule has 2 amide bonds. The third-order valence-corrected chi connectivity index (χ3v) is 7.10. The van der Waals surface area contributed by atoms with E-state index in [1.165, 1.54) is 6.20 Å². The Bertz CT molecular complexity index is 1020. The third kappa shape index (κ3) is 3.18. The third-order valence-electron chi connectivity index (χ3n) is 5.40. The van der Waals surface area contributed by atoms with Crippen LogP contribution in [-0.4, -0.2) is 71.7 Å². The molecule has 0 N–H and O–H groups in total. The molecular weight excluding hydrogens is 366 g/mol. The first-order valence-corrected chi connectivity index (χ1v) is 10.9. The van der Waals surface area contributed by atoms with Crippen LogP contribution in [0.2, 0.25) is 0 Å². The van der Waals surface area contributed by atoms with Gasteiger partial charge in [0.05, 0.1) is 34.7 Å². The molecule has 0 spiro atoms. The lowest BCUT2D eigenvalue weighted by Gasteiger charge is -2.43. The lowest BCUT2D eigenvalue weighted by Crippen LogP contribution is -2.61. The van der Waals surface area contributed by atoms with Gasteiger partial charge in [-0.2, -0.15) is 0 Å². The number of aromatic nitrogens is 1. The first-order valence-electron chi connectivity index (χ1n) is 9.05. The van der Waals surface area contributed by atoms with Crippen LogP contribution in [0.15, 0.2) is 36.5 Å². The van der Waals surface area contributed by atoms with E-state index in [0.29, 0.717) is 25.1 Å². The zero-order chi connectivity index (χ0) is 19.2. The van der Waals surface area contributed by atoms with Gasteiger partial charge in [0.2, 0.25) is 5.91 Å². The summed E-state index contributed by atoms with van der Waals surface area (Å²) in [5.74, 6) is -0.480. The van der Waals surface area contributed by atoms with E-state index in [1.54, 1.807) is 22.8 Å². The highest BCUT2D eigenvalue weighted by Crippen LogP contribution is 2.29. The van der Waals surface area contributed by atoms with Crippen molar-refractivity contribution < 1.29 is 18.0 Å². The monoisotopic (exact) mass is 387 g/mol. The number of pyridine rings is 1. The second-order valence-electron chi connectivity index (χ2n) is 7.07. The zero-order valence-electron chi connectivity index (χ0n) is 15.0. The Morgan fingerprint density at radius 3 is 2.52 bits per heavy atom. The van der Waals surface area contributed by atoms with Gasteiger partial charge in [0.25, 0.3) is 5.91 Å². The topological polar surface area (TPSA) is 87.7 Å². The Labute approximate surface area is 157 Å². The summed E-state index contributed by atoms with van der Waals surface area (Å²) in [5.41, 5.74) is 1.24. The second-order valence-corrected chi connectivity index (χ2v) is 9.22. The number of hydrogen-bond donors (Lipinski definition) is 0. The lowest BCUT2D eigenvalue weighted by molar-refractivity contribution is -0.135. The van der Waals surface area contributed by atoms with Crippen LogP contribution in [-0.2, 0) is 14.6 Å². The minimum atomic E-state index is -3.29. The number of para-hydroxylation sites is 1. The highest BCUT2D eigenvalue weighted by molar-refractivity contribution is 7.91. The number of nitrogens with zero attached hydrogens (tertiary/aromatic N) is 3. The van der Waals surface area contributed by atoms with E-state index < -0.39 is 21.9 Å². The molecule has 2 atom stereocenters. The number of carbonyl (C=O) groups excluding carboxylic acids is 2. The molecule has 8 heteroatoms. The maximum absolute atomic E-state index is 13.1. The van der Waals surface area contributed by atoms with Crippen molar-refractivity contribution in [3.05, 3.63) is 42.1 Å². The minimum absolute atomic E-state index is 0.0680. The van der Waals surface area contributed by atoms with Gasteiger partial charge in [0, 0.05) is 31.1 Å². The van der Waals surface area contributed by atoms with Crippen molar-refractivity contribution in [3.8, 4) is 0 Å². The minimum Gasteiger partial charge on any atom is -0.335 e. The number of benzene rings is 1. The molecule has 2 aliphatic heterocycles. The summed E-state index contributed by atoms with van der Waals surface area (Å²) in [4.78, 5) is 32.9. The zero-order valence-corrected chi connectivity index (χ0v) is 15.9. The average molecular weight is 387 g/mol. The van der Waals surface area contributed by atoms with Crippen LogP contribution in [0.5, 0.6) is 0 Å². The fraction of sp³-hybridized carbons (Fsp3) is 0.421. The molecule has 7 nitrogen and oxygen atoms in total. The van der Waals surface area contributed by atoms with Crippen LogP contribution in [0, 0.1) is 0 Å². The van der Waals surface area contributed by atoms with Crippen molar-refractivity contribution in [1.82, 2.24) is 14.8 Å². The maximum atomic E-state index is 13.1. The van der Waals surface area contributed by atoms with Crippen LogP contribution < -0.4 is 0 Å². The first-order chi connectivity index (χ1) is 12.9. The molecule has 2 fully saturated rings. The van der Waals surface area contributed by atoms with Gasteiger partial charge in [0.15, 0.2) is 9.84 Å². The van der Waals surface area contributed by atoms with Crippen LogP contribution in [0.1, 0.15) is 23.7 Å². The molecule has 2 aromatic rings. The van der Waals surface area contributed by atoms with Gasteiger partial charge in [-0.15, -0.1) is 0 Å². The number of piperazine rings is 1. The summed E-state index contributed by atoms with van der Waals surface area (Å²) < 4.78 is 24.5. The summed E-state index contributed by atoms with van der Waals surface area (Å²) in [6.07, 6.45) is 1.86. The van der Waals surface area contributed by atoms with Gasteiger partial charge in [0.1, 0.15) is 0 Å². The maximum Gasteiger partial charge on any atom is 0.255 e. The number of amides is 2. The molecule has 0 bridgehead atoms. The fourth-order valence-electron chi connectivity index (χ4n) is 4.07. The average Bonchev–Trinajstić information content (AvgIpc) is 3.00. The van der Waals surface area contributed by atoms with E-state index in [4.69, 9.17) is 0 Å². The molecule has 0 aliphatic carbocycles. The smallest absolute Gasteiger partial charge is 0.255 e. The molecule has 0 unspecified atom stereocenters. The molecule has 4 rings (SSSR count). The van der Waals surface area contributed by atoms with Crippen molar-refractivity contribution in [2.75, 3.05) is 24.6 Å². The van der Waals surface area contributed by atoms with Gasteiger partial charge in [-0.3, -0.25) is 14.6 Å². The fourth-order valence-corrected chi connectivity index (χ4v) is 6.05. The van der Waals surface area contributed by atoms with Crippen molar-refractivity contribution >= 4 is 32.6 Å². The highest BCUT2D eigenvalue weighted by atomic mass is 32.2.